The molecule has 0 aromatic carbocycles. The Bertz CT molecular complexity index is 413. The van der Waals surface area contributed by atoms with Crippen LogP contribution in [0, 0.1) is 5.92 Å². The first kappa shape index (κ1) is 13.8. The molecule has 1 aromatic rings. The molecule has 18 heavy (non-hydrogen) atoms. The van der Waals surface area contributed by atoms with Crippen LogP contribution < -0.4 is 5.73 Å². The van der Waals surface area contributed by atoms with Crippen LogP contribution in [-0.2, 0) is 20.0 Å². The minimum Gasteiger partial charge on any atom is -0.328 e. The van der Waals surface area contributed by atoms with E-state index in [0.29, 0.717) is 5.92 Å². The fraction of sp³-hybridized carbons (Fsp3) is 0.769. The van der Waals surface area contributed by atoms with Gasteiger partial charge in [-0.25, -0.2) is 0 Å². The summed E-state index contributed by atoms with van der Waals surface area (Å²) in [4.78, 5) is 2.43. The predicted octanol–water partition coefficient (Wildman–Crippen LogP) is 1.81. The third kappa shape index (κ3) is 2.71. The van der Waals surface area contributed by atoms with Gasteiger partial charge in [0, 0.05) is 26.2 Å². The molecule has 0 amide bonds. The van der Waals surface area contributed by atoms with Gasteiger partial charge in [-0.3, -0.25) is 9.58 Å². The molecule has 2 unspecified atom stereocenters. The van der Waals surface area contributed by atoms with E-state index in [9.17, 15) is 0 Å². The average Bonchev–Trinajstić information content (AvgIpc) is 2.89. The van der Waals surface area contributed by atoms with E-state index in [-0.39, 0.29) is 6.04 Å². The maximum absolute atomic E-state index is 6.37. The standard InChI is InChI=1S/C13H23ClN4/c1-4-11-13(14)12(17(3)16-11)8-18-6-5-10(7-18)9(2)15/h9-10H,4-8,15H2,1-3H3. The van der Waals surface area contributed by atoms with Crippen molar-refractivity contribution in [3.63, 3.8) is 0 Å². The number of hydrogen-bond donors (Lipinski definition) is 1. The van der Waals surface area contributed by atoms with Gasteiger partial charge in [0.25, 0.3) is 0 Å². The Hall–Kier alpha value is -0.580. The molecule has 4 nitrogen and oxygen atoms in total. The van der Waals surface area contributed by atoms with E-state index in [1.54, 1.807) is 0 Å². The second-order valence-electron chi connectivity index (χ2n) is 5.33. The Morgan fingerprint density at radius 3 is 2.78 bits per heavy atom. The molecule has 1 aromatic heterocycles. The van der Waals surface area contributed by atoms with Gasteiger partial charge in [0.1, 0.15) is 0 Å². The summed E-state index contributed by atoms with van der Waals surface area (Å²) >= 11 is 6.37. The fourth-order valence-corrected chi connectivity index (χ4v) is 2.99. The zero-order valence-electron chi connectivity index (χ0n) is 11.5. The van der Waals surface area contributed by atoms with E-state index in [1.165, 1.54) is 6.42 Å². The SMILES string of the molecule is CCc1nn(C)c(CN2CCC(C(C)N)C2)c1Cl. The third-order valence-electron chi connectivity index (χ3n) is 3.93. The lowest BCUT2D eigenvalue weighted by molar-refractivity contribution is 0.300. The van der Waals surface area contributed by atoms with Crippen molar-refractivity contribution >= 4 is 11.6 Å². The van der Waals surface area contributed by atoms with Crippen molar-refractivity contribution in [1.82, 2.24) is 14.7 Å². The van der Waals surface area contributed by atoms with E-state index in [0.717, 1.165) is 42.5 Å². The van der Waals surface area contributed by atoms with Gasteiger partial charge in [-0.1, -0.05) is 18.5 Å². The van der Waals surface area contributed by atoms with Crippen LogP contribution in [0.3, 0.4) is 0 Å². The quantitative estimate of drug-likeness (QED) is 0.908. The zero-order valence-corrected chi connectivity index (χ0v) is 12.2. The van der Waals surface area contributed by atoms with Gasteiger partial charge >= 0.3 is 0 Å². The van der Waals surface area contributed by atoms with Crippen LogP contribution in [-0.4, -0.2) is 33.8 Å². The van der Waals surface area contributed by atoms with Crippen LogP contribution in [0.1, 0.15) is 31.7 Å². The fourth-order valence-electron chi connectivity index (χ4n) is 2.64. The number of halogens is 1. The second kappa shape index (κ2) is 5.59. The third-order valence-corrected chi connectivity index (χ3v) is 4.37. The number of nitrogens with zero attached hydrogens (tertiary/aromatic N) is 3. The molecule has 2 rings (SSSR count). The number of rotatable bonds is 4. The van der Waals surface area contributed by atoms with Gasteiger partial charge in [-0.2, -0.15) is 5.10 Å². The summed E-state index contributed by atoms with van der Waals surface area (Å²) in [5, 5.41) is 5.30. The molecule has 0 spiro atoms. The summed E-state index contributed by atoms with van der Waals surface area (Å²) in [6.45, 7) is 7.24. The summed E-state index contributed by atoms with van der Waals surface area (Å²) in [7, 11) is 1.97. The Balaban J connectivity index is 2.05. The van der Waals surface area contributed by atoms with Crippen LogP contribution in [0.15, 0.2) is 0 Å². The van der Waals surface area contributed by atoms with Crippen LogP contribution in [0.25, 0.3) is 0 Å². The molecule has 0 bridgehead atoms. The van der Waals surface area contributed by atoms with Crippen molar-refractivity contribution in [3.8, 4) is 0 Å². The summed E-state index contributed by atoms with van der Waals surface area (Å²) < 4.78 is 1.92. The first-order chi connectivity index (χ1) is 8.52. The average molecular weight is 271 g/mol. The lowest BCUT2D eigenvalue weighted by Gasteiger charge is -2.18. The number of hydrogen-bond acceptors (Lipinski definition) is 3. The van der Waals surface area contributed by atoms with E-state index < -0.39 is 0 Å². The number of likely N-dealkylation sites (tertiary alicyclic amines) is 1. The van der Waals surface area contributed by atoms with Crippen molar-refractivity contribution < 1.29 is 0 Å². The number of aryl methyl sites for hydroxylation is 2. The van der Waals surface area contributed by atoms with Crippen molar-refractivity contribution in [2.45, 2.75) is 39.3 Å². The van der Waals surface area contributed by atoms with E-state index in [2.05, 4.69) is 23.8 Å². The minimum atomic E-state index is 0.281. The molecule has 1 aliphatic rings. The van der Waals surface area contributed by atoms with Crippen molar-refractivity contribution in [2.24, 2.45) is 18.7 Å². The van der Waals surface area contributed by atoms with Crippen molar-refractivity contribution in [2.75, 3.05) is 13.1 Å². The van der Waals surface area contributed by atoms with Crippen LogP contribution >= 0.6 is 11.6 Å². The molecule has 2 N–H and O–H groups in total. The molecule has 0 radical (unpaired) electrons. The smallest absolute Gasteiger partial charge is 0.0863 e. The van der Waals surface area contributed by atoms with Crippen LogP contribution in [0.4, 0.5) is 0 Å². The van der Waals surface area contributed by atoms with Crippen molar-refractivity contribution in [3.05, 3.63) is 16.4 Å². The minimum absolute atomic E-state index is 0.281. The molecule has 1 aliphatic heterocycles. The monoisotopic (exact) mass is 270 g/mol. The van der Waals surface area contributed by atoms with Gasteiger partial charge in [-0.15, -0.1) is 0 Å². The molecular formula is C13H23ClN4. The van der Waals surface area contributed by atoms with Gasteiger partial charge in [0.2, 0.25) is 0 Å². The molecule has 2 atom stereocenters. The lowest BCUT2D eigenvalue weighted by atomic mass is 10.0. The topological polar surface area (TPSA) is 47.1 Å². The first-order valence-electron chi connectivity index (χ1n) is 6.71. The highest BCUT2D eigenvalue weighted by Gasteiger charge is 2.26. The molecule has 5 heteroatoms. The molecule has 1 fully saturated rings. The normalized spacial score (nSPS) is 22.6. The Morgan fingerprint density at radius 2 is 2.28 bits per heavy atom. The Kier molecular flexibility index (Phi) is 4.30. The summed E-state index contributed by atoms with van der Waals surface area (Å²) in [5.41, 5.74) is 8.09. The molecular weight excluding hydrogens is 248 g/mol. The molecule has 2 heterocycles. The van der Waals surface area contributed by atoms with Gasteiger partial charge < -0.3 is 5.73 Å². The highest BCUT2D eigenvalue weighted by atomic mass is 35.5. The molecule has 102 valence electrons. The molecule has 1 saturated heterocycles. The maximum Gasteiger partial charge on any atom is 0.0863 e. The highest BCUT2D eigenvalue weighted by molar-refractivity contribution is 6.31. The van der Waals surface area contributed by atoms with Gasteiger partial charge in [0.05, 0.1) is 16.4 Å². The number of aromatic nitrogens is 2. The Labute approximate surface area is 114 Å². The van der Waals surface area contributed by atoms with Crippen LogP contribution in [0.2, 0.25) is 5.02 Å². The zero-order chi connectivity index (χ0) is 13.3. The summed E-state index contributed by atoms with van der Waals surface area (Å²) in [6.07, 6.45) is 2.07. The summed E-state index contributed by atoms with van der Waals surface area (Å²) in [5.74, 6) is 0.614. The maximum atomic E-state index is 6.37. The summed E-state index contributed by atoms with van der Waals surface area (Å²) in [6, 6.07) is 0.281. The second-order valence-corrected chi connectivity index (χ2v) is 5.71. The highest BCUT2D eigenvalue weighted by Crippen LogP contribution is 2.25. The van der Waals surface area contributed by atoms with E-state index in [1.807, 2.05) is 11.7 Å². The lowest BCUT2D eigenvalue weighted by Crippen LogP contribution is -2.30. The molecule has 0 saturated carbocycles. The van der Waals surface area contributed by atoms with E-state index >= 15 is 0 Å². The van der Waals surface area contributed by atoms with Crippen molar-refractivity contribution in [1.29, 1.82) is 0 Å². The number of nitrogens with two attached hydrogens (primary N) is 1. The largest absolute Gasteiger partial charge is 0.328 e. The van der Waals surface area contributed by atoms with E-state index in [4.69, 9.17) is 17.3 Å². The molecule has 0 aliphatic carbocycles. The predicted molar refractivity (Wildman–Crippen MR) is 74.6 cm³/mol. The van der Waals surface area contributed by atoms with Gasteiger partial charge in [-0.05, 0) is 32.2 Å². The first-order valence-corrected chi connectivity index (χ1v) is 7.08. The van der Waals surface area contributed by atoms with Gasteiger partial charge in [0.15, 0.2) is 0 Å². The Morgan fingerprint density at radius 1 is 1.56 bits per heavy atom. The van der Waals surface area contributed by atoms with Crippen LogP contribution in [0.5, 0.6) is 0 Å².